The molecule has 13 heterocycles. The molecule has 8 saturated heterocycles. The normalized spacial score (nSPS) is 28.7. The zero-order valence-corrected chi connectivity index (χ0v) is 63.0. The van der Waals surface area contributed by atoms with E-state index in [1.165, 1.54) is 104 Å². The highest BCUT2D eigenvalue weighted by molar-refractivity contribution is 5.94. The Morgan fingerprint density at radius 2 is 0.508 bits per heavy atom. The lowest BCUT2D eigenvalue weighted by Gasteiger charge is -2.42. The van der Waals surface area contributed by atoms with Gasteiger partial charge < -0.3 is 57.3 Å². The van der Waals surface area contributed by atoms with E-state index in [4.69, 9.17) is 67.0 Å². The van der Waals surface area contributed by atoms with Gasteiger partial charge in [-0.25, -0.2) is 87.8 Å². The van der Waals surface area contributed by atoms with Gasteiger partial charge >= 0.3 is 0 Å². The van der Waals surface area contributed by atoms with E-state index in [9.17, 15) is 0 Å². The van der Waals surface area contributed by atoms with Crippen molar-refractivity contribution in [2.75, 3.05) is 0 Å². The van der Waals surface area contributed by atoms with Gasteiger partial charge in [-0.15, -0.1) is 0 Å². The molecule has 2 N–H and O–H groups in total. The molecule has 3 aromatic heterocycles. The Morgan fingerprint density at radius 1 is 0.275 bits per heavy atom. The van der Waals surface area contributed by atoms with E-state index < -0.39 is 339 Å². The Labute approximate surface area is 663 Å². The van der Waals surface area contributed by atoms with Crippen LogP contribution in [-0.4, -0.2) is 127 Å². The molecule has 19 rings (SSSR count). The SMILES string of the molecule is CC1(C)O[C@@H]2[C@H](O1)[C@H]1OC(C)(C)O[C@H]1O[C@@H]2[C@@H]1[C@H]2c3nc(c(-c4c(F)c(F)c(F)c(F)c4F)c4ccc([nH]4)c(-c4c(F)c(F)c(F)c(F)c4F)c4nc(c(-c5c(F)c(F)c(F)c(F)c5F)c5ccc([nH]5)c3-c3c(F)c(F)c(F)c(F)c3F)[C@H]3[C@H]([C@H]5O[C@@H]6OC(C)(C)O[C@@H]6[C@H]6OC(C)(C)O[C@H]65)N(Cc5ccccc5)O[C@@H]43)[C@H]2ON1Cc1ccccc1. The lowest BCUT2D eigenvalue weighted by molar-refractivity contribution is -0.265. The summed E-state index contributed by atoms with van der Waals surface area (Å²) in [5, 5.41) is 2.09. The van der Waals surface area contributed by atoms with Gasteiger partial charge in [-0.05, 0) is 90.8 Å². The molecule has 9 aromatic rings. The van der Waals surface area contributed by atoms with E-state index in [0.29, 0.717) is 24.3 Å². The summed E-state index contributed by atoms with van der Waals surface area (Å²) in [6.45, 7) is 10.6. The summed E-state index contributed by atoms with van der Waals surface area (Å²) < 4.78 is 407. The van der Waals surface area contributed by atoms with E-state index in [0.717, 1.165) is 10.1 Å². The van der Waals surface area contributed by atoms with Gasteiger partial charge in [0, 0.05) is 57.4 Å². The third-order valence-electron chi connectivity index (χ3n) is 22.9. The van der Waals surface area contributed by atoms with Crippen molar-refractivity contribution >= 4 is 22.1 Å². The molecule has 38 heteroatoms. The van der Waals surface area contributed by atoms with Crippen molar-refractivity contribution < 1.29 is 145 Å². The number of aromatic amines is 2. The second kappa shape index (κ2) is 28.0. The molecular formula is C82H60F20N6O12. The molecule has 8 fully saturated rings. The van der Waals surface area contributed by atoms with Crippen molar-refractivity contribution in [3.8, 4) is 44.5 Å². The van der Waals surface area contributed by atoms with Crippen LogP contribution < -0.4 is 0 Å². The first-order valence-electron chi connectivity index (χ1n) is 37.3. The van der Waals surface area contributed by atoms with Crippen LogP contribution in [-0.2, 0) is 70.1 Å². The van der Waals surface area contributed by atoms with Crippen LogP contribution in [0.2, 0.25) is 0 Å². The van der Waals surface area contributed by atoms with Gasteiger partial charge in [0.25, 0.3) is 0 Å². The molecule has 0 unspecified atom stereocenters. The summed E-state index contributed by atoms with van der Waals surface area (Å²) in [7, 11) is 0. The fourth-order valence-electron chi connectivity index (χ4n) is 18.4. The van der Waals surface area contributed by atoms with Gasteiger partial charge in [0.15, 0.2) is 129 Å². The van der Waals surface area contributed by atoms with E-state index in [1.807, 2.05) is 0 Å². The van der Waals surface area contributed by atoms with Gasteiger partial charge in [0.2, 0.25) is 23.3 Å². The molecule has 0 aliphatic carbocycles. The van der Waals surface area contributed by atoms with Crippen molar-refractivity contribution in [3.05, 3.63) is 235 Å². The molecule has 0 spiro atoms. The van der Waals surface area contributed by atoms with Crippen molar-refractivity contribution in [1.29, 1.82) is 0 Å². The number of nitrogens with zero attached hydrogens (tertiary/aromatic N) is 4. The molecule has 0 saturated carbocycles. The number of fused-ring (bicyclic) bond motifs is 20. The second-order valence-corrected chi connectivity index (χ2v) is 32.1. The summed E-state index contributed by atoms with van der Waals surface area (Å²) in [5.74, 6) is -65.9. The second-order valence-electron chi connectivity index (χ2n) is 32.1. The highest BCUT2D eigenvalue weighted by atomic mass is 19.2. The topological polar surface area (TPSA) is 175 Å². The van der Waals surface area contributed by atoms with E-state index >= 15 is 87.8 Å². The molecule has 0 radical (unpaired) electrons. The zero-order chi connectivity index (χ0) is 85.0. The number of benzene rings is 6. The predicted molar refractivity (Wildman–Crippen MR) is 372 cm³/mol. The maximum atomic E-state index is 18.1. The number of aromatic nitrogens is 4. The number of nitrogens with one attached hydrogen (secondary N) is 2. The third kappa shape index (κ3) is 12.2. The summed E-state index contributed by atoms with van der Waals surface area (Å²) in [5.41, 5.74) is -22.4. The van der Waals surface area contributed by atoms with Crippen LogP contribution in [0.5, 0.6) is 0 Å². The molecule has 120 heavy (non-hydrogen) atoms. The first-order chi connectivity index (χ1) is 56.7. The molecule has 0 amide bonds. The van der Waals surface area contributed by atoms with Crippen molar-refractivity contribution in [1.82, 2.24) is 30.1 Å². The number of ether oxygens (including phenoxy) is 10. The first-order valence-corrected chi connectivity index (χ1v) is 37.3. The Morgan fingerprint density at radius 3 is 0.783 bits per heavy atom. The standard InChI is InChI=1S/C82H60F20N6O12/c1-79(2)111-71-69(109-77-75(73(71)113-79)115-81(5,6)117-77)65-39-61-31(35-41(83)49(91)57(99)50(92)42(35)84)27-19-20-28(103-27)32(36-43(85)51(93)58(100)52(94)44(36)86)62-40-66(70-72-74(114-80(3,4)112-72)76-78(110-70)118-82(7,8)116-76)108(24-26-17-13-10-14-18-26)120-68(40)64(106-62)34(38-47(89)55(97)60(102)56(98)48(38)90)30-22-21-29(104-30)33(37-45(87)53(95)59(101)54(96)46(37)88)63(105-61)67(39)119-107(65)23-25-15-11-9-12-16-25/h9-22,39-40,65-78,103-104H,23-24H2,1-8H3/t39-,40+,65+,66-,67+,68-,69-,70-,71+,72+,73+,74+,75-,76-,77-,78-/m1/s1. The largest absolute Gasteiger partial charge is 0.354 e. The van der Waals surface area contributed by atoms with Crippen LogP contribution in [0.4, 0.5) is 87.8 Å². The monoisotopic (exact) mass is 1700 g/mol. The van der Waals surface area contributed by atoms with Crippen LogP contribution in [0, 0.1) is 116 Å². The number of halogens is 20. The predicted octanol–water partition coefficient (Wildman–Crippen LogP) is 17.8. The Kier molecular flexibility index (Phi) is 18.7. The molecule has 18 nitrogen and oxygen atoms in total. The van der Waals surface area contributed by atoms with Crippen LogP contribution in [0.1, 0.15) is 113 Å². The van der Waals surface area contributed by atoms with Crippen molar-refractivity contribution in [2.24, 2.45) is 0 Å². The molecular weight excluding hydrogens is 1640 g/mol. The summed E-state index contributed by atoms with van der Waals surface area (Å²) in [6.07, 6.45) is -19.7. The lowest BCUT2D eigenvalue weighted by atomic mass is 9.81. The van der Waals surface area contributed by atoms with Gasteiger partial charge in [-0.2, -0.15) is 10.1 Å². The molecule has 630 valence electrons. The highest BCUT2D eigenvalue weighted by Crippen LogP contribution is 2.62. The smallest absolute Gasteiger partial charge is 0.200 e. The number of hydrogen-bond donors (Lipinski definition) is 2. The Balaban J connectivity index is 1.03. The van der Waals surface area contributed by atoms with Crippen LogP contribution >= 0.6 is 0 Å². The maximum absolute atomic E-state index is 18.1. The number of H-pyrrole nitrogens is 2. The van der Waals surface area contributed by atoms with Crippen LogP contribution in [0.15, 0.2) is 84.9 Å². The minimum absolute atomic E-state index is 0.266. The van der Waals surface area contributed by atoms with E-state index in [2.05, 4.69) is 9.97 Å². The average Bonchev–Trinajstić information content (AvgIpc) is 1.51. The number of hydrogen-bond acceptors (Lipinski definition) is 16. The summed E-state index contributed by atoms with van der Waals surface area (Å²) >= 11 is 0. The van der Waals surface area contributed by atoms with E-state index in [-0.39, 0.29) is 11.1 Å². The summed E-state index contributed by atoms with van der Waals surface area (Å²) in [6, 6.07) is 14.0. The van der Waals surface area contributed by atoms with Gasteiger partial charge in [-0.3, -0.25) is 19.6 Å². The molecule has 10 aliphatic heterocycles. The minimum Gasteiger partial charge on any atom is -0.354 e. The molecule has 16 atom stereocenters. The maximum Gasteiger partial charge on any atom is 0.200 e. The Bertz CT molecular complexity index is 5560. The van der Waals surface area contributed by atoms with Crippen molar-refractivity contribution in [2.45, 2.75) is 189 Å². The van der Waals surface area contributed by atoms with Crippen molar-refractivity contribution in [3.63, 3.8) is 0 Å². The number of rotatable bonds is 10. The zero-order valence-electron chi connectivity index (χ0n) is 63.0. The van der Waals surface area contributed by atoms with E-state index in [1.54, 1.807) is 12.1 Å². The average molecular weight is 1700 g/mol. The Hall–Kier alpha value is -9.52. The fraction of sp³-hybridized carbons (Fsp3) is 0.366. The molecule has 6 aromatic carbocycles. The van der Waals surface area contributed by atoms with Crippen LogP contribution in [0.25, 0.3) is 66.6 Å². The first kappa shape index (κ1) is 80.2. The van der Waals surface area contributed by atoms with Gasteiger partial charge in [0.1, 0.15) is 61.0 Å². The quantitative estimate of drug-likeness (QED) is 0.0751. The lowest BCUT2D eigenvalue weighted by Crippen LogP contribution is -2.61. The molecule has 10 aliphatic rings. The number of hydroxylamine groups is 4. The summed E-state index contributed by atoms with van der Waals surface area (Å²) in [4.78, 5) is 28.4. The minimum atomic E-state index is -2.81. The molecule has 8 bridgehead atoms. The van der Waals surface area contributed by atoms with Gasteiger partial charge in [0.05, 0.1) is 68.9 Å². The van der Waals surface area contributed by atoms with Crippen LogP contribution in [0.3, 0.4) is 0 Å². The highest BCUT2D eigenvalue weighted by Gasteiger charge is 2.69. The van der Waals surface area contributed by atoms with Gasteiger partial charge in [-0.1, -0.05) is 60.7 Å². The third-order valence-corrected chi connectivity index (χ3v) is 22.9. The fourth-order valence-corrected chi connectivity index (χ4v) is 18.4.